The largest absolute Gasteiger partial charge is 0.303 e. The van der Waals surface area contributed by atoms with Gasteiger partial charge in [0.1, 0.15) is 10.5 Å². The lowest BCUT2D eigenvalue weighted by Gasteiger charge is -2.20. The van der Waals surface area contributed by atoms with Crippen LogP contribution in [0, 0.1) is 10.1 Å². The van der Waals surface area contributed by atoms with E-state index in [2.05, 4.69) is 0 Å². The van der Waals surface area contributed by atoms with Crippen LogP contribution < -0.4 is 0 Å². The van der Waals surface area contributed by atoms with Gasteiger partial charge in [-0.15, -0.1) is 11.3 Å². The van der Waals surface area contributed by atoms with E-state index in [-0.39, 0.29) is 18.2 Å². The highest BCUT2D eigenvalue weighted by Gasteiger charge is 2.25. The van der Waals surface area contributed by atoms with Gasteiger partial charge in [-0.3, -0.25) is 10.1 Å². The van der Waals surface area contributed by atoms with Crippen molar-refractivity contribution in [3.63, 3.8) is 0 Å². The zero-order valence-corrected chi connectivity index (χ0v) is 16.0. The second kappa shape index (κ2) is 8.31. The number of carbonyl (C=O) groups excluding carboxylic acids is 1. The Morgan fingerprint density at radius 2 is 2.08 bits per heavy atom. The highest BCUT2D eigenvalue weighted by molar-refractivity contribution is 8.01. The van der Waals surface area contributed by atoms with Gasteiger partial charge in [0.2, 0.25) is 0 Å². The normalized spacial score (nSPS) is 12.4. The maximum absolute atomic E-state index is 11.4. The molecule has 0 saturated carbocycles. The number of rotatable bonds is 7. The van der Waals surface area contributed by atoms with Crippen LogP contribution in [0.15, 0.2) is 33.4 Å². The molecule has 0 aliphatic rings. The molecule has 0 fully saturated rings. The number of nitro groups is 1. The number of nitrogens with zero attached hydrogens (tertiary/aromatic N) is 2. The van der Waals surface area contributed by atoms with E-state index in [1.165, 1.54) is 29.2 Å². The molecule has 2 aromatic rings. The van der Waals surface area contributed by atoms with Crippen LogP contribution in [-0.2, 0) is 4.79 Å². The van der Waals surface area contributed by atoms with Crippen LogP contribution in [0.2, 0.25) is 10.0 Å². The molecule has 24 heavy (non-hydrogen) atoms. The van der Waals surface area contributed by atoms with Crippen LogP contribution in [0.25, 0.3) is 0 Å². The summed E-state index contributed by atoms with van der Waals surface area (Å²) < 4.78 is 0.525. The third kappa shape index (κ3) is 4.49. The summed E-state index contributed by atoms with van der Waals surface area (Å²) in [5.41, 5.74) is 0.0174. The van der Waals surface area contributed by atoms with Crippen LogP contribution in [0.5, 0.6) is 0 Å². The number of hydrogen-bond acceptors (Lipinski definition) is 6. The molecule has 0 radical (unpaired) electrons. The van der Waals surface area contributed by atoms with Gasteiger partial charge in [-0.05, 0) is 32.3 Å². The highest BCUT2D eigenvalue weighted by atomic mass is 35.5. The second-order valence-electron chi connectivity index (χ2n) is 5.14. The molecular formula is C15H14Cl2N2O3S2. The van der Waals surface area contributed by atoms with E-state index in [9.17, 15) is 14.9 Å². The van der Waals surface area contributed by atoms with Gasteiger partial charge < -0.3 is 9.69 Å². The number of thiophene rings is 1. The Hall–Kier alpha value is -1.12. The molecule has 0 N–H and O–H groups in total. The van der Waals surface area contributed by atoms with Gasteiger partial charge in [0, 0.05) is 27.3 Å². The van der Waals surface area contributed by atoms with Crippen molar-refractivity contribution in [2.75, 3.05) is 14.1 Å². The van der Waals surface area contributed by atoms with Crippen LogP contribution >= 0.6 is 46.3 Å². The van der Waals surface area contributed by atoms with Crippen LogP contribution in [0.3, 0.4) is 0 Å². The lowest BCUT2D eigenvalue weighted by molar-refractivity contribution is -0.387. The van der Waals surface area contributed by atoms with Gasteiger partial charge in [0.15, 0.2) is 0 Å². The number of halogens is 2. The van der Waals surface area contributed by atoms with E-state index >= 15 is 0 Å². The maximum Gasteiger partial charge on any atom is 0.294 e. The number of benzene rings is 1. The molecule has 1 aromatic heterocycles. The predicted molar refractivity (Wildman–Crippen MR) is 98.7 cm³/mol. The molecule has 2 rings (SSSR count). The third-order valence-electron chi connectivity index (χ3n) is 3.26. The van der Waals surface area contributed by atoms with Crippen molar-refractivity contribution in [2.24, 2.45) is 0 Å². The van der Waals surface area contributed by atoms with E-state index in [0.29, 0.717) is 19.1 Å². The molecule has 1 unspecified atom stereocenters. The van der Waals surface area contributed by atoms with Gasteiger partial charge in [0.05, 0.1) is 16.0 Å². The average molecular weight is 405 g/mol. The summed E-state index contributed by atoms with van der Waals surface area (Å²) in [4.78, 5) is 25.2. The van der Waals surface area contributed by atoms with Crippen molar-refractivity contribution in [1.29, 1.82) is 0 Å². The molecule has 0 spiro atoms. The van der Waals surface area contributed by atoms with E-state index in [0.717, 1.165) is 11.2 Å². The van der Waals surface area contributed by atoms with E-state index in [1.807, 2.05) is 19.0 Å². The molecule has 1 heterocycles. The van der Waals surface area contributed by atoms with Gasteiger partial charge in [-0.2, -0.15) is 0 Å². The minimum absolute atomic E-state index is 0.0174. The second-order valence-corrected chi connectivity index (χ2v) is 8.38. The third-order valence-corrected chi connectivity index (χ3v) is 6.41. The van der Waals surface area contributed by atoms with Gasteiger partial charge in [0.25, 0.3) is 5.69 Å². The molecule has 128 valence electrons. The molecule has 1 atom stereocenters. The first-order chi connectivity index (χ1) is 11.3. The smallest absolute Gasteiger partial charge is 0.294 e. The molecule has 0 amide bonds. The van der Waals surface area contributed by atoms with Crippen molar-refractivity contribution in [3.05, 3.63) is 49.3 Å². The molecule has 1 aromatic carbocycles. The van der Waals surface area contributed by atoms with Crippen molar-refractivity contribution < 1.29 is 9.72 Å². The molecule has 0 saturated heterocycles. The Morgan fingerprint density at radius 3 is 2.62 bits per heavy atom. The Labute approximate surface area is 157 Å². The predicted octanol–water partition coefficient (Wildman–Crippen LogP) is 5.31. The van der Waals surface area contributed by atoms with Gasteiger partial charge in [-0.25, -0.2) is 0 Å². The number of aldehydes is 1. The molecule has 5 nitrogen and oxygen atoms in total. The minimum Gasteiger partial charge on any atom is -0.303 e. The lowest BCUT2D eigenvalue weighted by atomic mass is 10.1. The first kappa shape index (κ1) is 19.2. The standard InChI is InChI=1S/C15H14Cl2N2O3S2/c1-18(2)11(5-6-20)14-8-12(19(21)22)15(24-14)23-13-4-3-9(16)7-10(13)17/h3-4,6-8,11H,5H2,1-2H3. The highest BCUT2D eigenvalue weighted by Crippen LogP contribution is 2.46. The van der Waals surface area contributed by atoms with E-state index in [4.69, 9.17) is 23.2 Å². The Balaban J connectivity index is 2.41. The fraction of sp³-hybridized carbons (Fsp3) is 0.267. The van der Waals surface area contributed by atoms with Crippen LogP contribution in [0.4, 0.5) is 5.69 Å². The quantitative estimate of drug-likeness (QED) is 0.355. The summed E-state index contributed by atoms with van der Waals surface area (Å²) in [5.74, 6) is 0. The first-order valence-corrected chi connectivity index (χ1v) is 9.23. The molecule has 9 heteroatoms. The van der Waals surface area contributed by atoms with Gasteiger partial charge in [-0.1, -0.05) is 35.0 Å². The summed E-state index contributed by atoms with van der Waals surface area (Å²) in [6.45, 7) is 0. The SMILES string of the molecule is CN(C)C(CC=O)c1cc([N+](=O)[O-])c(Sc2ccc(Cl)cc2Cl)s1. The first-order valence-electron chi connectivity index (χ1n) is 6.84. The minimum atomic E-state index is -0.417. The van der Waals surface area contributed by atoms with Crippen molar-refractivity contribution in [2.45, 2.75) is 21.6 Å². The lowest BCUT2D eigenvalue weighted by Crippen LogP contribution is -2.19. The zero-order valence-electron chi connectivity index (χ0n) is 12.9. The van der Waals surface area contributed by atoms with Crippen LogP contribution in [-0.4, -0.2) is 30.2 Å². The maximum atomic E-state index is 11.4. The monoisotopic (exact) mass is 404 g/mol. The van der Waals surface area contributed by atoms with Crippen molar-refractivity contribution in [3.8, 4) is 0 Å². The fourth-order valence-corrected chi connectivity index (χ4v) is 5.12. The Kier molecular flexibility index (Phi) is 6.65. The Bertz CT molecular complexity index is 765. The fourth-order valence-electron chi connectivity index (χ4n) is 2.08. The molecule has 0 aliphatic heterocycles. The number of hydrogen-bond donors (Lipinski definition) is 0. The van der Waals surface area contributed by atoms with Crippen LogP contribution in [0.1, 0.15) is 17.3 Å². The zero-order chi connectivity index (χ0) is 17.9. The van der Waals surface area contributed by atoms with E-state index in [1.54, 1.807) is 18.2 Å². The van der Waals surface area contributed by atoms with E-state index < -0.39 is 4.92 Å². The molecule has 0 bridgehead atoms. The summed E-state index contributed by atoms with van der Waals surface area (Å²) >= 11 is 14.6. The summed E-state index contributed by atoms with van der Waals surface area (Å²) in [5, 5.41) is 12.3. The molecule has 0 aliphatic carbocycles. The summed E-state index contributed by atoms with van der Waals surface area (Å²) in [6.07, 6.45) is 1.09. The van der Waals surface area contributed by atoms with Crippen molar-refractivity contribution >= 4 is 58.3 Å². The summed E-state index contributed by atoms with van der Waals surface area (Å²) in [6, 6.07) is 6.35. The molecular weight excluding hydrogens is 391 g/mol. The average Bonchev–Trinajstić information content (AvgIpc) is 2.91. The van der Waals surface area contributed by atoms with Gasteiger partial charge >= 0.3 is 0 Å². The number of carbonyl (C=O) groups is 1. The van der Waals surface area contributed by atoms with Crippen molar-refractivity contribution in [1.82, 2.24) is 4.90 Å². The summed E-state index contributed by atoms with van der Waals surface area (Å²) in [7, 11) is 3.67. The Morgan fingerprint density at radius 1 is 1.38 bits per heavy atom. The topological polar surface area (TPSA) is 63.5 Å².